The molecule has 1 fully saturated rings. The standard InChI is InChI=1S/C25H27N5O2S/c1-16-28-29-23(32-16)25(2,3)18-14-21-22(26-15-18)27-24(33-21)30-13-7-10-19(30)20(31)12-11-17-8-5-4-6-9-17/h4-6,8-9,14-15,19H,7,10-13H2,1-3H3/t19-/m1/s1. The minimum absolute atomic E-state index is 0.105. The zero-order chi connectivity index (χ0) is 23.0. The molecule has 8 heteroatoms. The molecule has 7 nitrogen and oxygen atoms in total. The fourth-order valence-electron chi connectivity index (χ4n) is 4.35. The highest BCUT2D eigenvalue weighted by atomic mass is 32.1. The molecule has 1 aliphatic rings. The number of carbonyl (C=O) groups excluding carboxylic acids is 1. The Balaban J connectivity index is 1.36. The molecule has 1 saturated heterocycles. The minimum Gasteiger partial charge on any atom is -0.425 e. The first-order valence-corrected chi connectivity index (χ1v) is 12.1. The number of Topliss-reactive ketones (excluding diaryl/α,β-unsaturated/α-hetero) is 1. The molecule has 0 N–H and O–H groups in total. The lowest BCUT2D eigenvalue weighted by Crippen LogP contribution is -2.36. The summed E-state index contributed by atoms with van der Waals surface area (Å²) in [6, 6.07) is 12.2. The first kappa shape index (κ1) is 21.7. The van der Waals surface area contributed by atoms with Crippen LogP contribution >= 0.6 is 11.3 Å². The van der Waals surface area contributed by atoms with Crippen molar-refractivity contribution in [2.75, 3.05) is 11.4 Å². The Bertz CT molecular complexity index is 1280. The van der Waals surface area contributed by atoms with Crippen LogP contribution in [0.15, 0.2) is 47.0 Å². The molecule has 5 rings (SSSR count). The molecule has 3 aromatic heterocycles. The first-order valence-electron chi connectivity index (χ1n) is 11.3. The smallest absolute Gasteiger partial charge is 0.226 e. The number of aromatic nitrogens is 4. The van der Waals surface area contributed by atoms with Crippen LogP contribution in [0.4, 0.5) is 5.13 Å². The number of aryl methyl sites for hydroxylation is 2. The summed E-state index contributed by atoms with van der Waals surface area (Å²) < 4.78 is 6.68. The quantitative estimate of drug-likeness (QED) is 0.388. The third-order valence-electron chi connectivity index (χ3n) is 6.39. The Morgan fingerprint density at radius 2 is 2.06 bits per heavy atom. The third-order valence-corrected chi connectivity index (χ3v) is 7.42. The molecular formula is C25H27N5O2S. The highest BCUT2D eigenvalue weighted by Gasteiger charge is 2.33. The van der Waals surface area contributed by atoms with Gasteiger partial charge in [-0.1, -0.05) is 41.7 Å². The van der Waals surface area contributed by atoms with E-state index in [-0.39, 0.29) is 11.8 Å². The minimum atomic E-state index is -0.462. The summed E-state index contributed by atoms with van der Waals surface area (Å²) in [5.74, 6) is 1.40. The Hall–Kier alpha value is -3.13. The molecule has 0 spiro atoms. The summed E-state index contributed by atoms with van der Waals surface area (Å²) in [4.78, 5) is 24.6. The monoisotopic (exact) mass is 461 g/mol. The molecule has 1 aromatic carbocycles. The van der Waals surface area contributed by atoms with Crippen molar-refractivity contribution in [3.05, 3.63) is 65.5 Å². The van der Waals surface area contributed by atoms with Crippen LogP contribution in [0.2, 0.25) is 0 Å². The summed E-state index contributed by atoms with van der Waals surface area (Å²) in [6.45, 7) is 6.73. The van der Waals surface area contributed by atoms with Gasteiger partial charge in [0.15, 0.2) is 16.6 Å². The van der Waals surface area contributed by atoms with Gasteiger partial charge in [0.1, 0.15) is 0 Å². The maximum absolute atomic E-state index is 13.1. The van der Waals surface area contributed by atoms with Crippen LogP contribution < -0.4 is 4.90 Å². The summed E-state index contributed by atoms with van der Waals surface area (Å²) in [5, 5.41) is 9.05. The summed E-state index contributed by atoms with van der Waals surface area (Å²) >= 11 is 1.59. The van der Waals surface area contributed by atoms with Gasteiger partial charge < -0.3 is 9.32 Å². The lowest BCUT2D eigenvalue weighted by Gasteiger charge is -2.22. The highest BCUT2D eigenvalue weighted by Crippen LogP contribution is 2.37. The average molecular weight is 462 g/mol. The van der Waals surface area contributed by atoms with Gasteiger partial charge in [0, 0.05) is 26.1 Å². The number of rotatable bonds is 7. The summed E-state index contributed by atoms with van der Waals surface area (Å²) in [7, 11) is 0. The van der Waals surface area contributed by atoms with Gasteiger partial charge in [-0.15, -0.1) is 10.2 Å². The number of anilines is 1. The van der Waals surface area contributed by atoms with Crippen LogP contribution in [-0.2, 0) is 16.6 Å². The Kier molecular flexibility index (Phi) is 5.70. The average Bonchev–Trinajstić information content (AvgIpc) is 3.56. The third kappa shape index (κ3) is 4.27. The van der Waals surface area contributed by atoms with Gasteiger partial charge in [0.25, 0.3) is 0 Å². The van der Waals surface area contributed by atoms with Crippen molar-refractivity contribution in [3.63, 3.8) is 0 Å². The van der Waals surface area contributed by atoms with Crippen LogP contribution in [0.1, 0.15) is 56.0 Å². The molecule has 0 unspecified atom stereocenters. The van der Waals surface area contributed by atoms with Crippen molar-refractivity contribution in [2.24, 2.45) is 0 Å². The van der Waals surface area contributed by atoms with E-state index in [1.807, 2.05) is 38.2 Å². The molecule has 33 heavy (non-hydrogen) atoms. The fraction of sp³-hybridized carbons (Fsp3) is 0.400. The van der Waals surface area contributed by atoms with Crippen LogP contribution in [-0.4, -0.2) is 38.5 Å². The van der Waals surface area contributed by atoms with Gasteiger partial charge in [-0.25, -0.2) is 4.98 Å². The van der Waals surface area contributed by atoms with Crippen molar-refractivity contribution in [1.82, 2.24) is 20.2 Å². The van der Waals surface area contributed by atoms with E-state index >= 15 is 0 Å². The molecule has 4 aromatic rings. The number of hydrogen-bond acceptors (Lipinski definition) is 8. The molecular weight excluding hydrogens is 434 g/mol. The van der Waals surface area contributed by atoms with Crippen LogP contribution in [0.5, 0.6) is 0 Å². The summed E-state index contributed by atoms with van der Waals surface area (Å²) in [5.41, 5.74) is 2.44. The molecule has 0 saturated carbocycles. The molecule has 1 atom stereocenters. The molecule has 170 valence electrons. The van der Waals surface area contributed by atoms with Crippen LogP contribution in [0, 0.1) is 6.92 Å². The maximum atomic E-state index is 13.1. The number of pyridine rings is 1. The molecule has 0 amide bonds. The number of nitrogens with zero attached hydrogens (tertiary/aromatic N) is 5. The van der Waals surface area contributed by atoms with E-state index in [9.17, 15) is 4.79 Å². The van der Waals surface area contributed by atoms with Crippen LogP contribution in [0.3, 0.4) is 0 Å². The number of ketones is 1. The number of benzene rings is 1. The van der Waals surface area contributed by atoms with Gasteiger partial charge in [-0.05, 0) is 50.3 Å². The normalized spacial score (nSPS) is 16.6. The zero-order valence-electron chi connectivity index (χ0n) is 19.1. The second-order valence-corrected chi connectivity index (χ2v) is 10.1. The molecule has 0 radical (unpaired) electrons. The second-order valence-electron chi connectivity index (χ2n) is 9.10. The highest BCUT2D eigenvalue weighted by molar-refractivity contribution is 7.22. The predicted molar refractivity (Wildman–Crippen MR) is 129 cm³/mol. The molecule has 1 aliphatic heterocycles. The van der Waals surface area contributed by atoms with Gasteiger partial charge in [0.05, 0.1) is 16.2 Å². The number of carbonyl (C=O) groups is 1. The van der Waals surface area contributed by atoms with Gasteiger partial charge in [0.2, 0.25) is 11.8 Å². The topological polar surface area (TPSA) is 85.0 Å². The van der Waals surface area contributed by atoms with E-state index < -0.39 is 5.41 Å². The van der Waals surface area contributed by atoms with E-state index in [4.69, 9.17) is 9.40 Å². The van der Waals surface area contributed by atoms with Gasteiger partial charge in [-0.2, -0.15) is 4.98 Å². The van der Waals surface area contributed by atoms with E-state index in [0.717, 1.165) is 41.2 Å². The van der Waals surface area contributed by atoms with Gasteiger partial charge >= 0.3 is 0 Å². The largest absolute Gasteiger partial charge is 0.425 e. The maximum Gasteiger partial charge on any atom is 0.226 e. The van der Waals surface area contributed by atoms with Gasteiger partial charge in [-0.3, -0.25) is 4.79 Å². The van der Waals surface area contributed by atoms with E-state index in [2.05, 4.69) is 38.3 Å². The SMILES string of the molecule is Cc1nnc(C(C)(C)c2cnc3nc(N4CCC[C@@H]4C(=O)CCc4ccccc4)sc3c2)o1. The Labute approximate surface area is 196 Å². The van der Waals surface area contributed by atoms with E-state index in [1.165, 1.54) is 5.56 Å². The lowest BCUT2D eigenvalue weighted by atomic mass is 9.86. The molecule has 0 aliphatic carbocycles. The number of thiazole rings is 1. The van der Waals surface area contributed by atoms with Crippen LogP contribution in [0.25, 0.3) is 10.3 Å². The van der Waals surface area contributed by atoms with Crippen molar-refractivity contribution in [3.8, 4) is 0 Å². The Morgan fingerprint density at radius 3 is 2.82 bits per heavy atom. The zero-order valence-corrected chi connectivity index (χ0v) is 19.9. The van der Waals surface area contributed by atoms with Crippen molar-refractivity contribution >= 4 is 32.6 Å². The summed E-state index contributed by atoms with van der Waals surface area (Å²) in [6.07, 6.45) is 5.04. The van der Waals surface area contributed by atoms with E-state index in [0.29, 0.717) is 23.8 Å². The number of hydrogen-bond donors (Lipinski definition) is 0. The molecule has 0 bridgehead atoms. The Morgan fingerprint density at radius 1 is 1.24 bits per heavy atom. The molecule has 4 heterocycles. The van der Waals surface area contributed by atoms with E-state index in [1.54, 1.807) is 18.3 Å². The van der Waals surface area contributed by atoms with Crippen molar-refractivity contribution in [1.29, 1.82) is 0 Å². The fourth-order valence-corrected chi connectivity index (χ4v) is 5.39. The van der Waals surface area contributed by atoms with Crippen molar-refractivity contribution in [2.45, 2.75) is 57.9 Å². The number of fused-ring (bicyclic) bond motifs is 1. The predicted octanol–water partition coefficient (Wildman–Crippen LogP) is 4.88. The first-order chi connectivity index (χ1) is 15.9. The van der Waals surface area contributed by atoms with Crippen molar-refractivity contribution < 1.29 is 9.21 Å². The second kappa shape index (κ2) is 8.67. The lowest BCUT2D eigenvalue weighted by molar-refractivity contribution is -0.120.